The van der Waals surface area contributed by atoms with Gasteiger partial charge in [0.05, 0.1) is 13.2 Å². The molecule has 18 unspecified atom stereocenters. The Morgan fingerprint density at radius 2 is 0.714 bits per heavy atom. The average molecular weight is 1430 g/mol. The molecule has 0 aromatic heterocycles. The van der Waals surface area contributed by atoms with E-state index in [0.29, 0.717) is 25.7 Å². The maximum atomic E-state index is 14.3. The minimum absolute atomic E-state index is 0.0321. The zero-order chi connectivity index (χ0) is 71.8. The maximum Gasteiger partial charge on any atom is 0.472 e. The van der Waals surface area contributed by atoms with Crippen LogP contribution in [0.4, 0.5) is 0 Å². The van der Waals surface area contributed by atoms with E-state index in [1.54, 1.807) is 0 Å². The number of carbonyl (C=O) groups excluding carboxylic acids is 3. The van der Waals surface area contributed by atoms with Crippen LogP contribution in [0.3, 0.4) is 0 Å². The van der Waals surface area contributed by atoms with E-state index in [9.17, 15) is 74.9 Å². The van der Waals surface area contributed by atoms with Crippen LogP contribution in [0.5, 0.6) is 0 Å². The van der Waals surface area contributed by atoms with Crippen LogP contribution in [0.1, 0.15) is 303 Å². The van der Waals surface area contributed by atoms with Gasteiger partial charge in [0.15, 0.2) is 18.7 Å². The molecule has 98 heavy (non-hydrogen) atoms. The largest absolute Gasteiger partial charge is 0.472 e. The van der Waals surface area contributed by atoms with Crippen molar-refractivity contribution in [1.29, 1.82) is 0 Å². The monoisotopic (exact) mass is 1430 g/mol. The van der Waals surface area contributed by atoms with E-state index in [4.69, 9.17) is 42.2 Å². The number of carbonyl (C=O) groups is 3. The topological polar surface area (TPSA) is 374 Å². The minimum atomic E-state index is -5.70. The van der Waals surface area contributed by atoms with Crippen molar-refractivity contribution in [3.63, 3.8) is 0 Å². The van der Waals surface area contributed by atoms with Gasteiger partial charge in [-0.1, -0.05) is 251 Å². The summed E-state index contributed by atoms with van der Waals surface area (Å²) in [6.45, 7) is 3.45. The summed E-state index contributed by atoms with van der Waals surface area (Å²) >= 11 is 0. The van der Waals surface area contributed by atoms with E-state index in [-0.39, 0.29) is 19.3 Å². The van der Waals surface area contributed by atoms with Crippen LogP contribution in [-0.4, -0.2) is 204 Å². The first-order valence-corrected chi connectivity index (χ1v) is 40.0. The molecule has 0 aromatic rings. The van der Waals surface area contributed by atoms with Gasteiger partial charge >= 0.3 is 25.7 Å². The Labute approximate surface area is 586 Å². The summed E-state index contributed by atoms with van der Waals surface area (Å²) in [7, 11) is -5.70. The summed E-state index contributed by atoms with van der Waals surface area (Å²) in [5.41, 5.74) is 0. The van der Waals surface area contributed by atoms with Crippen molar-refractivity contribution >= 4 is 25.7 Å². The number of aliphatic hydroxyl groups is 10. The number of ether oxygens (including phenoxy) is 7. The molecule has 11 N–H and O–H groups in total. The molecular weight excluding hydrogens is 1290 g/mol. The van der Waals surface area contributed by atoms with E-state index in [1.807, 2.05) is 0 Å². The zero-order valence-corrected chi connectivity index (χ0v) is 61.0. The highest BCUT2D eigenvalue weighted by molar-refractivity contribution is 7.47. The van der Waals surface area contributed by atoms with Crippen LogP contribution in [0.25, 0.3) is 0 Å². The van der Waals surface area contributed by atoms with Gasteiger partial charge in [-0.25, -0.2) is 4.57 Å². The number of aliphatic hydroxyl groups excluding tert-OH is 10. The van der Waals surface area contributed by atoms with Crippen LogP contribution in [0.15, 0.2) is 12.2 Å². The van der Waals surface area contributed by atoms with Gasteiger partial charge in [-0.2, -0.15) is 0 Å². The van der Waals surface area contributed by atoms with Gasteiger partial charge in [0.1, 0.15) is 98.7 Å². The first-order chi connectivity index (χ1) is 47.3. The average Bonchev–Trinajstić information content (AvgIpc) is 0.762. The van der Waals surface area contributed by atoms with Crippen molar-refractivity contribution in [3.8, 4) is 0 Å². The molecule has 24 nitrogen and oxygen atoms in total. The van der Waals surface area contributed by atoms with E-state index in [0.717, 1.165) is 83.5 Å². The van der Waals surface area contributed by atoms with Crippen LogP contribution < -0.4 is 0 Å². The van der Waals surface area contributed by atoms with Crippen LogP contribution >= 0.6 is 7.82 Å². The van der Waals surface area contributed by atoms with Gasteiger partial charge in [-0.05, 0) is 44.9 Å². The molecule has 0 aromatic carbocycles. The summed E-state index contributed by atoms with van der Waals surface area (Å²) in [5.74, 6) is -2.00. The third-order valence-corrected chi connectivity index (χ3v) is 20.0. The molecule has 18 atom stereocenters. The molecule has 0 radical (unpaired) electrons. The summed E-state index contributed by atoms with van der Waals surface area (Å²) in [5, 5.41) is 110. The van der Waals surface area contributed by atoms with Crippen molar-refractivity contribution in [2.45, 2.75) is 407 Å². The van der Waals surface area contributed by atoms with Crippen LogP contribution in [0.2, 0.25) is 0 Å². The lowest BCUT2D eigenvalue weighted by molar-refractivity contribution is -0.360. The minimum Gasteiger partial charge on any atom is -0.463 e. The number of phosphoric acid groups is 1. The van der Waals surface area contributed by atoms with Crippen molar-refractivity contribution in [3.05, 3.63) is 12.2 Å². The number of allylic oxidation sites excluding steroid dienone is 2. The number of esters is 3. The molecule has 25 heteroatoms. The van der Waals surface area contributed by atoms with Gasteiger partial charge in [0.2, 0.25) is 0 Å². The van der Waals surface area contributed by atoms with Gasteiger partial charge in [-0.3, -0.25) is 23.4 Å². The van der Waals surface area contributed by atoms with Crippen molar-refractivity contribution in [1.82, 2.24) is 0 Å². The molecular formula is C73H135O24P. The molecule has 0 bridgehead atoms. The first-order valence-electron chi connectivity index (χ1n) is 38.5. The molecule has 576 valence electrons. The fourth-order valence-corrected chi connectivity index (χ4v) is 13.7. The lowest BCUT2D eigenvalue weighted by Gasteiger charge is -2.49. The Kier molecular flexibility index (Phi) is 50.7. The molecule has 0 amide bonds. The SMILES string of the molecule is CCCCCCCC/C=C\CCCCCC(=O)OC(COC(=O)CCCCCCCCCCCCCCCCC)COP(=O)(O)OC1C(OC2OC(CO)C(O)C(O)C2O)C(O)C(O)C(O)C1OC1OC(COC(=O)CCCCCCCCCCCCCCCCC)C(O)C(O)C1O. The number of unbranched alkanes of at least 4 members (excludes halogenated alkanes) is 37. The Morgan fingerprint density at radius 1 is 0.388 bits per heavy atom. The fourth-order valence-electron chi connectivity index (χ4n) is 12.8. The number of phosphoric ester groups is 1. The third kappa shape index (κ3) is 37.9. The predicted molar refractivity (Wildman–Crippen MR) is 370 cm³/mol. The predicted octanol–water partition coefficient (Wildman–Crippen LogP) is 10.7. The molecule has 1 aliphatic carbocycles. The van der Waals surface area contributed by atoms with Gasteiger partial charge < -0.3 is 89.1 Å². The molecule has 2 saturated heterocycles. The second-order valence-electron chi connectivity index (χ2n) is 27.7. The third-order valence-electron chi connectivity index (χ3n) is 19.0. The normalized spacial score (nSPS) is 27.7. The van der Waals surface area contributed by atoms with Gasteiger partial charge in [-0.15, -0.1) is 0 Å². The maximum absolute atomic E-state index is 14.3. The number of rotatable bonds is 60. The van der Waals surface area contributed by atoms with Crippen molar-refractivity contribution < 1.29 is 117 Å². The number of hydrogen-bond acceptors (Lipinski definition) is 23. The lowest BCUT2D eigenvalue weighted by atomic mass is 9.84. The Morgan fingerprint density at radius 3 is 1.11 bits per heavy atom. The smallest absolute Gasteiger partial charge is 0.463 e. The summed E-state index contributed by atoms with van der Waals surface area (Å²) < 4.78 is 65.0. The van der Waals surface area contributed by atoms with Gasteiger partial charge in [0, 0.05) is 19.3 Å². The molecule has 0 spiro atoms. The molecule has 2 heterocycles. The quantitative estimate of drug-likeness (QED) is 0.00886. The van der Waals surface area contributed by atoms with Crippen molar-refractivity contribution in [2.24, 2.45) is 0 Å². The van der Waals surface area contributed by atoms with Gasteiger partial charge in [0.25, 0.3) is 0 Å². The number of hydrogen-bond donors (Lipinski definition) is 11. The lowest BCUT2D eigenvalue weighted by Crippen LogP contribution is -2.69. The highest BCUT2D eigenvalue weighted by atomic mass is 31.2. The molecule has 3 fully saturated rings. The van der Waals surface area contributed by atoms with E-state index in [2.05, 4.69) is 32.9 Å². The Balaban J connectivity index is 1.72. The molecule has 1 saturated carbocycles. The van der Waals surface area contributed by atoms with Crippen LogP contribution in [-0.2, 0) is 61.2 Å². The Hall–Kier alpha value is -2.30. The van der Waals surface area contributed by atoms with Crippen LogP contribution in [0, 0.1) is 0 Å². The highest BCUT2D eigenvalue weighted by Crippen LogP contribution is 2.49. The van der Waals surface area contributed by atoms with E-state index >= 15 is 0 Å². The van der Waals surface area contributed by atoms with E-state index in [1.165, 1.54) is 154 Å². The summed E-state index contributed by atoms with van der Waals surface area (Å²) in [4.78, 5) is 51.0. The summed E-state index contributed by atoms with van der Waals surface area (Å²) in [6.07, 6.45) is 14.2. The van der Waals surface area contributed by atoms with Crippen molar-refractivity contribution in [2.75, 3.05) is 26.4 Å². The molecule has 3 rings (SSSR count). The first kappa shape index (κ1) is 89.9. The Bertz CT molecular complexity index is 2080. The van der Waals surface area contributed by atoms with E-state index < -0.39 is 156 Å². The standard InChI is InChI=1S/C73H135O24P/c1-4-7-10-13-16-19-22-25-27-30-32-35-38-41-44-47-57(75)89-51-54(92-59(77)49-46-43-40-37-34-29-24-21-18-15-12-9-6-3)52-91-98(87,88)97-71-69(95-72-67(85)62(80)60(78)55(50-74)93-72)65(83)64(82)66(84)70(71)96-73-68(86)63(81)61(79)56(94-73)53-90-58(76)48-45-42-39-36-33-31-28-26-23-20-17-14-11-8-5-2/h29,34,54-56,60-74,78-86H,4-28,30-33,35-53H2,1-3H3,(H,87,88)/b34-29-. The second-order valence-corrected chi connectivity index (χ2v) is 29.1. The fraction of sp³-hybridized carbons (Fsp3) is 0.932. The molecule has 2 aliphatic heterocycles. The highest BCUT2D eigenvalue weighted by Gasteiger charge is 2.58. The second kappa shape index (κ2) is 55.2. The summed E-state index contributed by atoms with van der Waals surface area (Å²) in [6, 6.07) is 0. The zero-order valence-electron chi connectivity index (χ0n) is 60.1. The molecule has 3 aliphatic rings.